The van der Waals surface area contributed by atoms with Gasteiger partial charge in [0.15, 0.2) is 0 Å². The van der Waals surface area contributed by atoms with Crippen LogP contribution in [-0.2, 0) is 19.3 Å². The second kappa shape index (κ2) is 4.53. The highest BCUT2D eigenvalue weighted by atomic mass is 16.4. The second-order valence-corrected chi connectivity index (χ2v) is 4.80. The molecule has 1 aliphatic rings. The van der Waals surface area contributed by atoms with Gasteiger partial charge in [-0.25, -0.2) is 4.79 Å². The van der Waals surface area contributed by atoms with Crippen LogP contribution in [0.15, 0.2) is 22.8 Å². The van der Waals surface area contributed by atoms with Crippen molar-refractivity contribution >= 4 is 5.97 Å². The molecule has 0 atom stereocenters. The Labute approximate surface area is 111 Å². The first-order valence-electron chi connectivity index (χ1n) is 6.53. The lowest BCUT2D eigenvalue weighted by atomic mass is 9.92. The zero-order valence-corrected chi connectivity index (χ0v) is 10.8. The van der Waals surface area contributed by atoms with Crippen molar-refractivity contribution in [3.05, 3.63) is 41.0 Å². The van der Waals surface area contributed by atoms with Crippen molar-refractivity contribution in [3.63, 3.8) is 0 Å². The normalized spacial score (nSPS) is 12.9. The highest BCUT2D eigenvalue weighted by Gasteiger charge is 2.23. The first kappa shape index (κ1) is 12.0. The molecule has 0 fully saturated rings. The smallest absolute Gasteiger partial charge is 0.337 e. The Kier molecular flexibility index (Phi) is 2.85. The third kappa shape index (κ3) is 1.93. The maximum Gasteiger partial charge on any atom is 0.337 e. The molecule has 2 aromatic heterocycles. The highest BCUT2D eigenvalue weighted by Crippen LogP contribution is 2.34. The number of furan rings is 1. The largest absolute Gasteiger partial charge is 0.478 e. The summed E-state index contributed by atoms with van der Waals surface area (Å²) in [4.78, 5) is 15.9. The fraction of sp³-hybridized carbons (Fsp3) is 0.333. The Morgan fingerprint density at radius 3 is 3.05 bits per heavy atom. The van der Waals surface area contributed by atoms with Crippen LogP contribution in [0.4, 0.5) is 0 Å². The summed E-state index contributed by atoms with van der Waals surface area (Å²) in [5, 5.41) is 9.29. The molecule has 0 saturated heterocycles. The molecule has 0 radical (unpaired) electrons. The number of aromatic nitrogens is 1. The van der Waals surface area contributed by atoms with Crippen LogP contribution in [0.3, 0.4) is 0 Å². The molecule has 0 amide bonds. The van der Waals surface area contributed by atoms with E-state index < -0.39 is 5.97 Å². The zero-order chi connectivity index (χ0) is 13.4. The Morgan fingerprint density at radius 2 is 2.32 bits per heavy atom. The average Bonchev–Trinajstić information content (AvgIpc) is 2.86. The minimum atomic E-state index is -0.892. The van der Waals surface area contributed by atoms with Crippen LogP contribution in [0.2, 0.25) is 0 Å². The van der Waals surface area contributed by atoms with Gasteiger partial charge in [-0.1, -0.05) is 13.3 Å². The van der Waals surface area contributed by atoms with Crippen LogP contribution >= 0.6 is 0 Å². The first-order valence-corrected chi connectivity index (χ1v) is 6.53. The molecule has 0 bridgehead atoms. The van der Waals surface area contributed by atoms with Crippen molar-refractivity contribution in [3.8, 4) is 11.3 Å². The Morgan fingerprint density at radius 1 is 1.47 bits per heavy atom. The minimum Gasteiger partial charge on any atom is -0.478 e. The van der Waals surface area contributed by atoms with E-state index >= 15 is 0 Å². The number of pyridine rings is 1. The van der Waals surface area contributed by atoms with E-state index in [1.165, 1.54) is 0 Å². The molecule has 1 N–H and O–H groups in total. The number of fused-ring (bicyclic) bond motifs is 3. The molecule has 4 heteroatoms. The van der Waals surface area contributed by atoms with Crippen molar-refractivity contribution < 1.29 is 14.3 Å². The third-order valence-corrected chi connectivity index (χ3v) is 3.52. The maximum atomic E-state index is 11.3. The summed E-state index contributed by atoms with van der Waals surface area (Å²) in [6.45, 7) is 2.02. The molecule has 2 aromatic rings. The number of nitrogens with zero attached hydrogens (tertiary/aromatic N) is 1. The molecule has 0 spiro atoms. The number of hydrogen-bond acceptors (Lipinski definition) is 3. The molecule has 19 heavy (non-hydrogen) atoms. The molecule has 0 aromatic carbocycles. The van der Waals surface area contributed by atoms with Crippen molar-refractivity contribution in [2.24, 2.45) is 0 Å². The summed E-state index contributed by atoms with van der Waals surface area (Å²) in [5.41, 5.74) is 3.92. The lowest BCUT2D eigenvalue weighted by Gasteiger charge is -2.17. The Hall–Kier alpha value is -2.10. The van der Waals surface area contributed by atoms with E-state index in [0.29, 0.717) is 17.7 Å². The number of hydrogen-bond donors (Lipinski definition) is 1. The van der Waals surface area contributed by atoms with Gasteiger partial charge in [0.25, 0.3) is 0 Å². The number of aromatic carboxylic acids is 1. The SMILES string of the molecule is CCCc1nc2c(cc1C(=O)O)CCc1occc1-2. The van der Waals surface area contributed by atoms with Gasteiger partial charge < -0.3 is 9.52 Å². The number of carbonyl (C=O) groups is 1. The topological polar surface area (TPSA) is 63.3 Å². The molecular formula is C15H15NO3. The number of rotatable bonds is 3. The van der Waals surface area contributed by atoms with Crippen molar-refractivity contribution in [1.82, 2.24) is 4.98 Å². The van der Waals surface area contributed by atoms with Crippen molar-refractivity contribution in [2.75, 3.05) is 0 Å². The van der Waals surface area contributed by atoms with Gasteiger partial charge in [0.1, 0.15) is 5.76 Å². The minimum absolute atomic E-state index is 0.340. The third-order valence-electron chi connectivity index (χ3n) is 3.52. The summed E-state index contributed by atoms with van der Waals surface area (Å²) in [6, 6.07) is 3.70. The van der Waals surface area contributed by atoms with E-state index in [0.717, 1.165) is 41.8 Å². The van der Waals surface area contributed by atoms with E-state index in [-0.39, 0.29) is 0 Å². The van der Waals surface area contributed by atoms with Gasteiger partial charge >= 0.3 is 5.97 Å². The number of carboxylic acids is 1. The number of aryl methyl sites for hydroxylation is 3. The number of carboxylic acid groups (broad SMARTS) is 1. The standard InChI is InChI=1S/C15H15NO3/c1-2-3-12-11(15(17)18)8-9-4-5-13-10(6-7-19-13)14(9)16-12/h6-8H,2-5H2,1H3,(H,17,18). The molecule has 4 nitrogen and oxygen atoms in total. The fourth-order valence-corrected chi connectivity index (χ4v) is 2.62. The van der Waals surface area contributed by atoms with Crippen LogP contribution in [0.5, 0.6) is 0 Å². The molecule has 2 heterocycles. The van der Waals surface area contributed by atoms with Crippen LogP contribution in [0, 0.1) is 0 Å². The van der Waals surface area contributed by atoms with E-state index in [1.807, 2.05) is 13.0 Å². The predicted octanol–water partition coefficient (Wildman–Crippen LogP) is 3.09. The van der Waals surface area contributed by atoms with Gasteiger partial charge in [-0.15, -0.1) is 0 Å². The maximum absolute atomic E-state index is 11.3. The summed E-state index contributed by atoms with van der Waals surface area (Å²) in [7, 11) is 0. The van der Waals surface area contributed by atoms with Crippen LogP contribution in [0.25, 0.3) is 11.3 Å². The molecule has 3 rings (SSSR count). The molecule has 98 valence electrons. The molecule has 0 saturated carbocycles. The van der Waals surface area contributed by atoms with Gasteiger partial charge in [-0.05, 0) is 30.5 Å². The Balaban J connectivity index is 2.19. The van der Waals surface area contributed by atoms with Crippen molar-refractivity contribution in [1.29, 1.82) is 0 Å². The lowest BCUT2D eigenvalue weighted by Crippen LogP contribution is -2.11. The Bertz CT molecular complexity index is 643. The zero-order valence-electron chi connectivity index (χ0n) is 10.8. The van der Waals surface area contributed by atoms with Gasteiger partial charge in [-0.3, -0.25) is 4.98 Å². The first-order chi connectivity index (χ1) is 9.20. The molecule has 0 unspecified atom stereocenters. The molecule has 1 aliphatic carbocycles. The van der Waals surface area contributed by atoms with Crippen LogP contribution in [-0.4, -0.2) is 16.1 Å². The predicted molar refractivity (Wildman–Crippen MR) is 70.3 cm³/mol. The quantitative estimate of drug-likeness (QED) is 0.917. The summed E-state index contributed by atoms with van der Waals surface area (Å²) in [6.07, 6.45) is 4.83. The monoisotopic (exact) mass is 257 g/mol. The summed E-state index contributed by atoms with van der Waals surface area (Å²) in [5.74, 6) is 0.0577. The fourth-order valence-electron chi connectivity index (χ4n) is 2.62. The van der Waals surface area contributed by atoms with Gasteiger partial charge in [0.05, 0.1) is 23.2 Å². The van der Waals surface area contributed by atoms with Gasteiger partial charge in [0, 0.05) is 12.0 Å². The van der Waals surface area contributed by atoms with Crippen LogP contribution < -0.4 is 0 Å². The second-order valence-electron chi connectivity index (χ2n) is 4.80. The van der Waals surface area contributed by atoms with E-state index in [2.05, 4.69) is 4.98 Å². The summed E-state index contributed by atoms with van der Waals surface area (Å²) >= 11 is 0. The van der Waals surface area contributed by atoms with Crippen molar-refractivity contribution in [2.45, 2.75) is 32.6 Å². The van der Waals surface area contributed by atoms with Gasteiger partial charge in [-0.2, -0.15) is 0 Å². The average molecular weight is 257 g/mol. The van der Waals surface area contributed by atoms with E-state index in [9.17, 15) is 9.90 Å². The van der Waals surface area contributed by atoms with Gasteiger partial charge in [0.2, 0.25) is 0 Å². The van der Waals surface area contributed by atoms with E-state index in [4.69, 9.17) is 4.42 Å². The van der Waals surface area contributed by atoms with Crippen LogP contribution in [0.1, 0.15) is 40.7 Å². The molecule has 0 aliphatic heterocycles. The highest BCUT2D eigenvalue weighted by molar-refractivity contribution is 5.90. The van der Waals surface area contributed by atoms with E-state index in [1.54, 1.807) is 12.3 Å². The lowest BCUT2D eigenvalue weighted by molar-refractivity contribution is 0.0695. The summed E-state index contributed by atoms with van der Waals surface area (Å²) < 4.78 is 5.43. The molecular weight excluding hydrogens is 242 g/mol.